The molecule has 6 unspecified atom stereocenters. The summed E-state index contributed by atoms with van der Waals surface area (Å²) < 4.78 is 0. The molecule has 16 heavy (non-hydrogen) atoms. The number of hydrogen-bond acceptors (Lipinski definition) is 1. The van der Waals surface area contributed by atoms with Crippen LogP contribution >= 0.6 is 0 Å². The molecule has 0 radical (unpaired) electrons. The molecule has 1 heteroatoms. The van der Waals surface area contributed by atoms with Gasteiger partial charge in [-0.2, -0.15) is 0 Å². The summed E-state index contributed by atoms with van der Waals surface area (Å²) in [6.07, 6.45) is 8.20. The van der Waals surface area contributed by atoms with Gasteiger partial charge in [-0.05, 0) is 60.7 Å². The Morgan fingerprint density at radius 1 is 1.19 bits per heavy atom. The van der Waals surface area contributed by atoms with Crippen molar-refractivity contribution in [2.75, 3.05) is 0 Å². The van der Waals surface area contributed by atoms with E-state index in [4.69, 9.17) is 0 Å². The molecule has 1 nitrogen and oxygen atoms in total. The number of hydrogen-bond donors (Lipinski definition) is 0. The molecule has 0 heterocycles. The molecule has 0 amide bonds. The molecule has 90 valence electrons. The second-order valence-electron chi connectivity index (χ2n) is 7.05. The monoisotopic (exact) mass is 220 g/mol. The molecule has 3 aliphatic carbocycles. The lowest BCUT2D eigenvalue weighted by Crippen LogP contribution is -2.44. The number of carbonyl (C=O) groups is 1. The summed E-state index contributed by atoms with van der Waals surface area (Å²) in [5.41, 5.74) is 1.02. The Bertz CT molecular complexity index is 323. The standard InChI is InChI=1S/C15H24O/c1-10(9-16)13-6-7-14(2)11-4-5-12(8-11)15(13,14)3/h9-13H,4-8H2,1-3H3. The van der Waals surface area contributed by atoms with E-state index in [1.54, 1.807) is 0 Å². The summed E-state index contributed by atoms with van der Waals surface area (Å²) in [5.74, 6) is 2.81. The molecular weight excluding hydrogens is 196 g/mol. The van der Waals surface area contributed by atoms with Crippen LogP contribution in [0.2, 0.25) is 0 Å². The Kier molecular flexibility index (Phi) is 2.10. The van der Waals surface area contributed by atoms with Crippen molar-refractivity contribution in [3.8, 4) is 0 Å². The molecule has 3 rings (SSSR count). The van der Waals surface area contributed by atoms with E-state index in [1.165, 1.54) is 38.4 Å². The van der Waals surface area contributed by atoms with Gasteiger partial charge in [0.15, 0.2) is 0 Å². The maximum absolute atomic E-state index is 11.1. The van der Waals surface area contributed by atoms with E-state index in [2.05, 4.69) is 20.8 Å². The zero-order valence-corrected chi connectivity index (χ0v) is 10.8. The minimum atomic E-state index is 0.270. The van der Waals surface area contributed by atoms with Crippen LogP contribution in [0.15, 0.2) is 0 Å². The van der Waals surface area contributed by atoms with Crippen molar-refractivity contribution in [1.82, 2.24) is 0 Å². The zero-order chi connectivity index (χ0) is 11.6. The molecule has 0 aliphatic heterocycles. The third-order valence-electron chi connectivity index (χ3n) is 7.01. The highest BCUT2D eigenvalue weighted by Gasteiger charge is 2.68. The minimum absolute atomic E-state index is 0.270. The van der Waals surface area contributed by atoms with Crippen LogP contribution in [0.4, 0.5) is 0 Å². The molecule has 0 aromatic carbocycles. The number of carbonyl (C=O) groups excluding carboxylic acids is 1. The van der Waals surface area contributed by atoms with Crippen molar-refractivity contribution in [3.05, 3.63) is 0 Å². The second-order valence-corrected chi connectivity index (χ2v) is 7.05. The Morgan fingerprint density at radius 2 is 1.88 bits per heavy atom. The van der Waals surface area contributed by atoms with Gasteiger partial charge in [0.2, 0.25) is 0 Å². The van der Waals surface area contributed by atoms with Gasteiger partial charge in [0.05, 0.1) is 0 Å². The molecule has 0 aromatic heterocycles. The number of fused-ring (bicyclic) bond motifs is 5. The number of rotatable bonds is 2. The first-order valence-corrected chi connectivity index (χ1v) is 6.99. The fourth-order valence-corrected chi connectivity index (χ4v) is 5.87. The van der Waals surface area contributed by atoms with E-state index >= 15 is 0 Å². The fraction of sp³-hybridized carbons (Fsp3) is 0.933. The Hall–Kier alpha value is -0.330. The van der Waals surface area contributed by atoms with E-state index < -0.39 is 0 Å². The van der Waals surface area contributed by atoms with E-state index in [0.717, 1.165) is 11.8 Å². The van der Waals surface area contributed by atoms with Gasteiger partial charge < -0.3 is 4.79 Å². The van der Waals surface area contributed by atoms with Gasteiger partial charge in [0, 0.05) is 5.92 Å². The second kappa shape index (κ2) is 3.11. The highest BCUT2D eigenvalue weighted by atomic mass is 16.1. The summed E-state index contributed by atoms with van der Waals surface area (Å²) in [5, 5.41) is 0. The van der Waals surface area contributed by atoms with Crippen molar-refractivity contribution < 1.29 is 4.79 Å². The van der Waals surface area contributed by atoms with Crippen LogP contribution in [-0.2, 0) is 4.79 Å². The van der Waals surface area contributed by atoms with Crippen molar-refractivity contribution in [3.63, 3.8) is 0 Å². The summed E-state index contributed by atoms with van der Waals surface area (Å²) in [6.45, 7) is 7.17. The van der Waals surface area contributed by atoms with E-state index in [0.29, 0.717) is 16.7 Å². The van der Waals surface area contributed by atoms with Crippen LogP contribution in [-0.4, -0.2) is 6.29 Å². The molecular formula is C15H24O. The third-order valence-corrected chi connectivity index (χ3v) is 7.01. The first kappa shape index (κ1) is 10.8. The fourth-order valence-electron chi connectivity index (χ4n) is 5.87. The Morgan fingerprint density at radius 3 is 2.56 bits per heavy atom. The zero-order valence-electron chi connectivity index (χ0n) is 10.8. The molecule has 2 bridgehead atoms. The maximum Gasteiger partial charge on any atom is 0.123 e. The molecule has 3 aliphatic rings. The van der Waals surface area contributed by atoms with Crippen LogP contribution in [0.25, 0.3) is 0 Å². The summed E-state index contributed by atoms with van der Waals surface area (Å²) in [7, 11) is 0. The van der Waals surface area contributed by atoms with Gasteiger partial charge in [-0.15, -0.1) is 0 Å². The van der Waals surface area contributed by atoms with E-state index in [-0.39, 0.29) is 5.92 Å². The van der Waals surface area contributed by atoms with Crippen LogP contribution in [0.3, 0.4) is 0 Å². The van der Waals surface area contributed by atoms with Crippen LogP contribution in [0.5, 0.6) is 0 Å². The highest BCUT2D eigenvalue weighted by molar-refractivity contribution is 5.54. The van der Waals surface area contributed by atoms with Crippen molar-refractivity contribution in [2.24, 2.45) is 34.5 Å². The van der Waals surface area contributed by atoms with E-state index in [9.17, 15) is 4.79 Å². The molecule has 6 atom stereocenters. The Balaban J connectivity index is 2.00. The van der Waals surface area contributed by atoms with Gasteiger partial charge in [-0.25, -0.2) is 0 Å². The van der Waals surface area contributed by atoms with Crippen LogP contribution < -0.4 is 0 Å². The van der Waals surface area contributed by atoms with Gasteiger partial charge in [0.1, 0.15) is 6.29 Å². The average molecular weight is 220 g/mol. The van der Waals surface area contributed by atoms with Gasteiger partial charge >= 0.3 is 0 Å². The summed E-state index contributed by atoms with van der Waals surface area (Å²) in [4.78, 5) is 11.1. The molecule has 3 saturated carbocycles. The predicted octanol–water partition coefficient (Wildman–Crippen LogP) is 3.67. The quantitative estimate of drug-likeness (QED) is 0.649. The van der Waals surface area contributed by atoms with Crippen LogP contribution in [0, 0.1) is 34.5 Å². The first-order valence-electron chi connectivity index (χ1n) is 6.99. The van der Waals surface area contributed by atoms with E-state index in [1.807, 2.05) is 0 Å². The van der Waals surface area contributed by atoms with Gasteiger partial charge in [0.25, 0.3) is 0 Å². The SMILES string of the molecule is CC(C=O)C1CCC2(C)C3CCC(C3)C12C. The maximum atomic E-state index is 11.1. The third kappa shape index (κ3) is 0.966. The first-order chi connectivity index (χ1) is 7.54. The lowest BCUT2D eigenvalue weighted by Gasteiger charge is -2.49. The largest absolute Gasteiger partial charge is 0.303 e. The topological polar surface area (TPSA) is 17.1 Å². The normalized spacial score (nSPS) is 56.3. The molecule has 0 saturated heterocycles. The van der Waals surface area contributed by atoms with Crippen molar-refractivity contribution in [1.29, 1.82) is 0 Å². The lowest BCUT2D eigenvalue weighted by molar-refractivity contribution is -0.115. The highest BCUT2D eigenvalue weighted by Crippen LogP contribution is 2.75. The molecule has 0 N–H and O–H groups in total. The minimum Gasteiger partial charge on any atom is -0.303 e. The van der Waals surface area contributed by atoms with Gasteiger partial charge in [-0.3, -0.25) is 0 Å². The smallest absolute Gasteiger partial charge is 0.123 e. The summed E-state index contributed by atoms with van der Waals surface area (Å²) >= 11 is 0. The lowest BCUT2D eigenvalue weighted by atomic mass is 9.55. The number of aldehydes is 1. The van der Waals surface area contributed by atoms with Crippen molar-refractivity contribution in [2.45, 2.75) is 52.9 Å². The van der Waals surface area contributed by atoms with Crippen LogP contribution in [0.1, 0.15) is 52.9 Å². The molecule has 0 aromatic rings. The van der Waals surface area contributed by atoms with Crippen molar-refractivity contribution >= 4 is 6.29 Å². The Labute approximate surface area is 99.0 Å². The van der Waals surface area contributed by atoms with Gasteiger partial charge in [-0.1, -0.05) is 20.8 Å². The average Bonchev–Trinajstić information content (AvgIpc) is 2.88. The predicted molar refractivity (Wildman–Crippen MR) is 65.0 cm³/mol. The summed E-state index contributed by atoms with van der Waals surface area (Å²) in [6, 6.07) is 0. The molecule has 3 fully saturated rings. The molecule has 0 spiro atoms.